The van der Waals surface area contributed by atoms with E-state index >= 15 is 0 Å². The van der Waals surface area contributed by atoms with Crippen LogP contribution < -0.4 is 0 Å². The summed E-state index contributed by atoms with van der Waals surface area (Å²) in [5.41, 5.74) is 13.2. The van der Waals surface area contributed by atoms with Crippen LogP contribution in [-0.4, -0.2) is 34.4 Å². The minimum atomic E-state index is -0.146. The van der Waals surface area contributed by atoms with Crippen LogP contribution in [0.5, 0.6) is 0 Å². The van der Waals surface area contributed by atoms with Gasteiger partial charge in [-0.1, -0.05) is 214 Å². The van der Waals surface area contributed by atoms with E-state index in [4.69, 9.17) is 9.97 Å². The van der Waals surface area contributed by atoms with Crippen molar-refractivity contribution < 1.29 is 0 Å². The van der Waals surface area contributed by atoms with Crippen LogP contribution in [0, 0.1) is 34.0 Å². The van der Waals surface area contributed by atoms with Gasteiger partial charge in [-0.15, -0.1) is 0 Å². The third-order valence-electron chi connectivity index (χ3n) is 16.3. The molecular formula is C72H105N9S. The Morgan fingerprint density at radius 2 is 0.890 bits per heavy atom. The molecule has 4 unspecified atom stereocenters. The molecule has 9 nitrogen and oxygen atoms in total. The van der Waals surface area contributed by atoms with E-state index in [1.54, 1.807) is 0 Å². The van der Waals surface area contributed by atoms with E-state index in [1.165, 1.54) is 45.4 Å². The van der Waals surface area contributed by atoms with Gasteiger partial charge < -0.3 is 13.7 Å². The van der Waals surface area contributed by atoms with Crippen molar-refractivity contribution in [3.8, 4) is 18.2 Å². The molecule has 3 aromatic heterocycles. The fourth-order valence-corrected chi connectivity index (χ4v) is 13.0. The van der Waals surface area contributed by atoms with Crippen molar-refractivity contribution in [2.24, 2.45) is 0 Å². The number of aromatic nitrogens is 6. The summed E-state index contributed by atoms with van der Waals surface area (Å²) >= 11 is 1.82. The highest BCUT2D eigenvalue weighted by atomic mass is 32.2. The number of benzene rings is 3. The summed E-state index contributed by atoms with van der Waals surface area (Å²) in [6.45, 7) is 58.7. The Morgan fingerprint density at radius 1 is 0.488 bits per heavy atom. The maximum absolute atomic E-state index is 9.51. The second-order valence-electron chi connectivity index (χ2n) is 28.5. The van der Waals surface area contributed by atoms with Crippen LogP contribution in [0.4, 0.5) is 0 Å². The second kappa shape index (κ2) is 25.9. The molecule has 3 aromatic carbocycles. The number of thioether (sulfide) groups is 1. The highest BCUT2D eigenvalue weighted by Gasteiger charge is 2.43. The Labute approximate surface area is 502 Å². The number of nitriles is 3. The number of aryl methyl sites for hydroxylation is 2. The molecule has 3 aliphatic rings. The summed E-state index contributed by atoms with van der Waals surface area (Å²) in [7, 11) is 0. The average Bonchev–Trinajstić information content (AvgIpc) is 4.39. The fourth-order valence-electron chi connectivity index (χ4n) is 11.8. The number of nitrogens with zero attached hydrogens (tertiary/aromatic N) is 9. The molecular weight excluding hydrogens is 1020 g/mol. The van der Waals surface area contributed by atoms with Gasteiger partial charge in [-0.25, -0.2) is 15.0 Å². The van der Waals surface area contributed by atoms with E-state index in [-0.39, 0.29) is 43.6 Å². The molecule has 4 atom stereocenters. The lowest BCUT2D eigenvalue weighted by atomic mass is 9.78. The van der Waals surface area contributed by atoms with Crippen molar-refractivity contribution in [2.75, 3.05) is 5.75 Å². The van der Waals surface area contributed by atoms with Crippen LogP contribution in [-0.2, 0) is 56.4 Å². The van der Waals surface area contributed by atoms with Crippen LogP contribution >= 0.6 is 11.8 Å². The number of fused-ring (bicyclic) bond motifs is 3. The third kappa shape index (κ3) is 14.2. The topological polar surface area (TPSA) is 125 Å². The first-order valence-corrected chi connectivity index (χ1v) is 31.5. The summed E-state index contributed by atoms with van der Waals surface area (Å²) in [5.74, 6) is 3.80. The Balaban J connectivity index is 0.000000252. The number of hydrogen-bond acceptors (Lipinski definition) is 7. The summed E-state index contributed by atoms with van der Waals surface area (Å²) in [6.07, 6.45) is 10.3. The zero-order valence-electron chi connectivity index (χ0n) is 56.1. The van der Waals surface area contributed by atoms with E-state index < -0.39 is 0 Å². The SMILES string of the molecule is CC.CC.CC.CC(C)(C)c1cc(C2(C)CCc3ncc(C(C)(C)C)n32)ccc1C#N.CC(C)(C)c1cc(C2(C)CSc3ncc(C(C)(C)C)n32)ccc1C#N.CC1C(c2ccc(C#N)c(C(C)(C)C)c2)CCc2ncc(C(C)(C)C)n21. The van der Waals surface area contributed by atoms with Crippen molar-refractivity contribution in [1.29, 1.82) is 15.8 Å². The highest BCUT2D eigenvalue weighted by molar-refractivity contribution is 7.99. The first-order chi connectivity index (χ1) is 38.0. The maximum Gasteiger partial charge on any atom is 0.169 e. The minimum absolute atomic E-state index is 0.0320. The van der Waals surface area contributed by atoms with Gasteiger partial charge in [0.05, 0.1) is 46.0 Å². The first kappa shape index (κ1) is 68.6. The molecule has 0 saturated carbocycles. The molecule has 444 valence electrons. The lowest BCUT2D eigenvalue weighted by molar-refractivity contribution is 0.343. The van der Waals surface area contributed by atoms with Gasteiger partial charge in [-0.05, 0) is 101 Å². The van der Waals surface area contributed by atoms with E-state index in [0.717, 1.165) is 70.0 Å². The van der Waals surface area contributed by atoms with Crippen LogP contribution in [0.25, 0.3) is 0 Å². The van der Waals surface area contributed by atoms with Crippen molar-refractivity contribution in [1.82, 2.24) is 28.7 Å². The number of hydrogen-bond donors (Lipinski definition) is 0. The average molecular weight is 1130 g/mol. The van der Waals surface area contributed by atoms with Gasteiger partial charge in [-0.3, -0.25) is 0 Å². The van der Waals surface area contributed by atoms with Gasteiger partial charge in [0, 0.05) is 82.5 Å². The Bertz CT molecular complexity index is 3110. The first-order valence-electron chi connectivity index (χ1n) is 30.5. The van der Waals surface area contributed by atoms with Gasteiger partial charge in [0.1, 0.15) is 11.6 Å². The van der Waals surface area contributed by atoms with Crippen LogP contribution in [0.1, 0.15) is 291 Å². The van der Waals surface area contributed by atoms with Gasteiger partial charge in [-0.2, -0.15) is 15.8 Å². The predicted molar refractivity (Wildman–Crippen MR) is 347 cm³/mol. The summed E-state index contributed by atoms with van der Waals surface area (Å²) in [5, 5.41) is 29.6. The molecule has 0 bridgehead atoms. The monoisotopic (exact) mass is 1130 g/mol. The van der Waals surface area contributed by atoms with Gasteiger partial charge >= 0.3 is 0 Å². The molecule has 0 N–H and O–H groups in total. The minimum Gasteiger partial charge on any atom is -0.328 e. The quantitative estimate of drug-likeness (QED) is 0.173. The van der Waals surface area contributed by atoms with Crippen molar-refractivity contribution in [3.05, 3.63) is 152 Å². The smallest absolute Gasteiger partial charge is 0.169 e. The molecule has 0 saturated heterocycles. The molecule has 10 heteroatoms. The molecule has 82 heavy (non-hydrogen) atoms. The predicted octanol–water partition coefficient (Wildman–Crippen LogP) is 19.0. The zero-order chi connectivity index (χ0) is 62.5. The van der Waals surface area contributed by atoms with Crippen molar-refractivity contribution in [2.45, 2.75) is 273 Å². The van der Waals surface area contributed by atoms with Crippen LogP contribution in [0.15, 0.2) is 78.3 Å². The zero-order valence-corrected chi connectivity index (χ0v) is 56.9. The molecule has 0 amide bonds. The third-order valence-corrected chi connectivity index (χ3v) is 17.5. The lowest BCUT2D eigenvalue weighted by Crippen LogP contribution is -2.35. The second-order valence-corrected chi connectivity index (χ2v) is 29.4. The Morgan fingerprint density at radius 3 is 1.34 bits per heavy atom. The molecule has 0 aliphatic carbocycles. The standard InChI is InChI=1S/C23H31N3.C22H29N3.C21H27N3S.3C2H6/c1-15-18(10-11-21-25-14-20(26(15)21)23(5,6)7)16-8-9-17(13-24)19(12-16)22(2,3)4;1-20(2,3)17-12-16(9-8-15(17)13-23)22(7)11-10-19-24-14-18(25(19)22)21(4,5)6;1-19(2,3)16-10-15(9-8-14(16)11-22)21(7)13-25-18-23-12-17(24(18)21)20(4,5)6;3*1-2/h8-9,12,14-15,18H,10-11H2,1-7H3;8-9,12,14H,10-11H2,1-7H3;8-10,12H,13H2,1-7H3;3*1-2H3. The van der Waals surface area contributed by atoms with Crippen LogP contribution in [0.3, 0.4) is 0 Å². The lowest BCUT2D eigenvalue weighted by Gasteiger charge is -2.36. The number of rotatable bonds is 3. The van der Waals surface area contributed by atoms with Gasteiger partial charge in [0.2, 0.25) is 0 Å². The van der Waals surface area contributed by atoms with Gasteiger partial charge in [0.25, 0.3) is 0 Å². The molecule has 0 fully saturated rings. The normalized spacial score (nSPS) is 19.2. The molecule has 9 rings (SSSR count). The van der Waals surface area contributed by atoms with Gasteiger partial charge in [0.15, 0.2) is 5.16 Å². The van der Waals surface area contributed by atoms with Crippen LogP contribution in [0.2, 0.25) is 0 Å². The number of imidazole rings is 3. The van der Waals surface area contributed by atoms with E-state index in [9.17, 15) is 15.8 Å². The van der Waals surface area contributed by atoms with E-state index in [0.29, 0.717) is 12.0 Å². The Kier molecular flexibility index (Phi) is 21.7. The fraction of sp³-hybridized carbons (Fsp3) is 0.583. The Hall–Kier alpha value is -5.89. The summed E-state index contributed by atoms with van der Waals surface area (Å²) in [6, 6.07) is 26.6. The molecule has 0 radical (unpaired) electrons. The van der Waals surface area contributed by atoms with E-state index in [1.807, 2.05) is 83.9 Å². The molecule has 0 spiro atoms. The van der Waals surface area contributed by atoms with E-state index in [2.05, 4.69) is 225 Å². The highest BCUT2D eigenvalue weighted by Crippen LogP contribution is 2.47. The molecule has 6 heterocycles. The molecule has 6 aromatic rings. The largest absolute Gasteiger partial charge is 0.328 e. The molecule has 3 aliphatic heterocycles. The summed E-state index contributed by atoms with van der Waals surface area (Å²) < 4.78 is 7.31. The van der Waals surface area contributed by atoms with Crippen molar-refractivity contribution in [3.63, 3.8) is 0 Å². The van der Waals surface area contributed by atoms with Crippen molar-refractivity contribution >= 4 is 11.8 Å². The maximum atomic E-state index is 9.51. The summed E-state index contributed by atoms with van der Waals surface area (Å²) in [4.78, 5) is 14.1.